The fourth-order valence-corrected chi connectivity index (χ4v) is 1.63. The molecule has 1 heteroatoms. The molecule has 0 saturated heterocycles. The van der Waals surface area contributed by atoms with Gasteiger partial charge >= 0.3 is 0 Å². The van der Waals surface area contributed by atoms with Gasteiger partial charge in [0.05, 0.1) is 0 Å². The Kier molecular flexibility index (Phi) is 1.59. The van der Waals surface area contributed by atoms with Gasteiger partial charge in [-0.3, -0.25) is 0 Å². The Morgan fingerprint density at radius 3 is 1.85 bits per heavy atom. The Morgan fingerprint density at radius 2 is 1.46 bits per heavy atom. The SMILES string of the molecule is C=Cn1c(=C)c2ccccc2c1=C. The van der Waals surface area contributed by atoms with E-state index in [4.69, 9.17) is 0 Å². The Bertz CT molecular complexity index is 514. The molecule has 64 valence electrons. The molecule has 1 heterocycles. The average molecular weight is 169 g/mol. The maximum absolute atomic E-state index is 3.99. The Labute approximate surface area is 76.9 Å². The molecule has 0 amide bonds. The van der Waals surface area contributed by atoms with Crippen molar-refractivity contribution in [3.8, 4) is 0 Å². The van der Waals surface area contributed by atoms with Crippen LogP contribution in [-0.4, -0.2) is 4.57 Å². The first-order chi connectivity index (χ1) is 6.25. The van der Waals surface area contributed by atoms with E-state index < -0.39 is 0 Å². The summed E-state index contributed by atoms with van der Waals surface area (Å²) in [6.45, 7) is 11.7. The van der Waals surface area contributed by atoms with E-state index in [1.54, 1.807) is 6.20 Å². The van der Waals surface area contributed by atoms with Crippen molar-refractivity contribution >= 4 is 30.1 Å². The molecule has 0 radical (unpaired) electrons. The summed E-state index contributed by atoms with van der Waals surface area (Å²) >= 11 is 0. The molecule has 0 aliphatic carbocycles. The van der Waals surface area contributed by atoms with Gasteiger partial charge in [0.25, 0.3) is 0 Å². The van der Waals surface area contributed by atoms with Crippen LogP contribution in [0.5, 0.6) is 0 Å². The van der Waals surface area contributed by atoms with Crippen LogP contribution in [0.2, 0.25) is 0 Å². The monoisotopic (exact) mass is 169 g/mol. The summed E-state index contributed by atoms with van der Waals surface area (Å²) in [7, 11) is 0. The molecule has 0 aliphatic rings. The minimum absolute atomic E-state index is 0.954. The highest BCUT2D eigenvalue weighted by Gasteiger charge is 1.99. The minimum atomic E-state index is 0.954. The molecule has 13 heavy (non-hydrogen) atoms. The molecule has 0 fully saturated rings. The van der Waals surface area contributed by atoms with Gasteiger partial charge in [-0.15, -0.1) is 0 Å². The summed E-state index contributed by atoms with van der Waals surface area (Å²) in [4.78, 5) is 0. The number of nitrogens with zero attached hydrogens (tertiary/aromatic N) is 1. The average Bonchev–Trinajstić information content (AvgIpc) is 2.41. The maximum Gasteiger partial charge on any atom is 0.0462 e. The number of rotatable bonds is 1. The van der Waals surface area contributed by atoms with Gasteiger partial charge in [0.15, 0.2) is 0 Å². The second-order valence-corrected chi connectivity index (χ2v) is 2.99. The lowest BCUT2D eigenvalue weighted by Crippen LogP contribution is -2.19. The van der Waals surface area contributed by atoms with Crippen molar-refractivity contribution < 1.29 is 0 Å². The molecular formula is C12H11N. The summed E-state index contributed by atoms with van der Waals surface area (Å²) in [6, 6.07) is 8.10. The van der Waals surface area contributed by atoms with E-state index in [-0.39, 0.29) is 0 Å². The lowest BCUT2D eigenvalue weighted by Gasteiger charge is -1.90. The zero-order chi connectivity index (χ0) is 9.42. The Balaban J connectivity index is 3.15. The quantitative estimate of drug-likeness (QED) is 0.610. The lowest BCUT2D eigenvalue weighted by atomic mass is 10.2. The maximum atomic E-state index is 3.99. The topological polar surface area (TPSA) is 4.93 Å². The second kappa shape index (κ2) is 2.63. The van der Waals surface area contributed by atoms with Crippen molar-refractivity contribution in [3.05, 3.63) is 41.5 Å². The zero-order valence-electron chi connectivity index (χ0n) is 7.46. The van der Waals surface area contributed by atoms with Crippen molar-refractivity contribution in [1.82, 2.24) is 4.57 Å². The van der Waals surface area contributed by atoms with Gasteiger partial charge in [0, 0.05) is 27.7 Å². The molecular weight excluding hydrogens is 158 g/mol. The van der Waals surface area contributed by atoms with Crippen molar-refractivity contribution in [2.24, 2.45) is 0 Å². The normalized spacial score (nSPS) is 10.5. The minimum Gasteiger partial charge on any atom is -0.318 e. The van der Waals surface area contributed by atoms with Crippen LogP contribution in [0.3, 0.4) is 0 Å². The molecule has 0 spiro atoms. The fourth-order valence-electron chi connectivity index (χ4n) is 1.63. The van der Waals surface area contributed by atoms with Gasteiger partial charge in [-0.25, -0.2) is 0 Å². The molecule has 1 aromatic heterocycles. The van der Waals surface area contributed by atoms with Crippen LogP contribution >= 0.6 is 0 Å². The third kappa shape index (κ3) is 0.937. The molecule has 0 atom stereocenters. The van der Waals surface area contributed by atoms with Crippen LogP contribution in [0.15, 0.2) is 30.8 Å². The van der Waals surface area contributed by atoms with Gasteiger partial charge in [-0.1, -0.05) is 44.0 Å². The molecule has 1 nitrogen and oxygen atoms in total. The molecule has 0 N–H and O–H groups in total. The van der Waals surface area contributed by atoms with Crippen molar-refractivity contribution in [2.45, 2.75) is 0 Å². The summed E-state index contributed by atoms with van der Waals surface area (Å²) in [6.07, 6.45) is 1.74. The molecule has 1 aromatic carbocycles. The van der Waals surface area contributed by atoms with Gasteiger partial charge in [0.1, 0.15) is 0 Å². The van der Waals surface area contributed by atoms with Gasteiger partial charge in [-0.05, 0) is 0 Å². The number of hydrogen-bond donors (Lipinski definition) is 0. The highest BCUT2D eigenvalue weighted by atomic mass is 14.9. The van der Waals surface area contributed by atoms with Crippen LogP contribution in [0.1, 0.15) is 0 Å². The first kappa shape index (κ1) is 7.87. The van der Waals surface area contributed by atoms with Crippen molar-refractivity contribution in [3.63, 3.8) is 0 Å². The zero-order valence-corrected chi connectivity index (χ0v) is 7.46. The highest BCUT2D eigenvalue weighted by molar-refractivity contribution is 5.84. The molecule has 0 unspecified atom stereocenters. The summed E-state index contributed by atoms with van der Waals surface area (Å²) in [5.74, 6) is 0. The van der Waals surface area contributed by atoms with Crippen LogP contribution < -0.4 is 10.7 Å². The van der Waals surface area contributed by atoms with Crippen LogP contribution in [0.4, 0.5) is 0 Å². The van der Waals surface area contributed by atoms with Gasteiger partial charge in [0.2, 0.25) is 0 Å². The van der Waals surface area contributed by atoms with E-state index in [1.165, 1.54) is 0 Å². The fraction of sp³-hybridized carbons (Fsp3) is 0. The Hall–Kier alpha value is -1.76. The van der Waals surface area contributed by atoms with Crippen molar-refractivity contribution in [1.29, 1.82) is 0 Å². The third-order valence-electron chi connectivity index (χ3n) is 2.31. The summed E-state index contributed by atoms with van der Waals surface area (Å²) in [5.41, 5.74) is 0. The highest BCUT2D eigenvalue weighted by Crippen LogP contribution is 2.03. The number of aromatic nitrogens is 1. The lowest BCUT2D eigenvalue weighted by molar-refractivity contribution is 1.09. The third-order valence-corrected chi connectivity index (χ3v) is 2.31. The van der Waals surface area contributed by atoms with Crippen LogP contribution in [0, 0.1) is 0 Å². The smallest absolute Gasteiger partial charge is 0.0462 e. The van der Waals surface area contributed by atoms with E-state index in [2.05, 4.69) is 19.7 Å². The van der Waals surface area contributed by atoms with E-state index in [9.17, 15) is 0 Å². The van der Waals surface area contributed by atoms with E-state index in [0.29, 0.717) is 0 Å². The summed E-state index contributed by atoms with van der Waals surface area (Å²) in [5, 5.41) is 4.20. The first-order valence-corrected chi connectivity index (χ1v) is 4.15. The standard InChI is InChI=1S/C12H11N/c1-4-13-9(2)11-7-5-6-8-12(11)10(13)3/h4-8H,1-3H2. The van der Waals surface area contributed by atoms with Crippen LogP contribution in [-0.2, 0) is 0 Å². The van der Waals surface area contributed by atoms with E-state index >= 15 is 0 Å². The van der Waals surface area contributed by atoms with E-state index in [1.807, 2.05) is 28.8 Å². The molecule has 0 bridgehead atoms. The van der Waals surface area contributed by atoms with Crippen molar-refractivity contribution in [2.75, 3.05) is 0 Å². The summed E-state index contributed by atoms with van der Waals surface area (Å²) < 4.78 is 1.91. The largest absolute Gasteiger partial charge is 0.318 e. The molecule has 2 rings (SSSR count). The van der Waals surface area contributed by atoms with Gasteiger partial charge < -0.3 is 4.57 Å². The van der Waals surface area contributed by atoms with Crippen LogP contribution in [0.25, 0.3) is 30.1 Å². The Morgan fingerprint density at radius 1 is 1.00 bits per heavy atom. The molecule has 2 aromatic rings. The number of fused-ring (bicyclic) bond motifs is 1. The molecule has 0 aliphatic heterocycles. The number of hydrogen-bond acceptors (Lipinski definition) is 0. The first-order valence-electron chi connectivity index (χ1n) is 4.15. The predicted octanol–water partition coefficient (Wildman–Crippen LogP) is 1.56. The van der Waals surface area contributed by atoms with Gasteiger partial charge in [-0.2, -0.15) is 0 Å². The van der Waals surface area contributed by atoms with E-state index in [0.717, 1.165) is 21.5 Å². The number of benzene rings is 1. The second-order valence-electron chi connectivity index (χ2n) is 2.99. The predicted molar refractivity (Wildman–Crippen MR) is 58.6 cm³/mol. The molecule has 0 saturated carbocycles.